The topological polar surface area (TPSA) is 137 Å². The van der Waals surface area contributed by atoms with Crippen molar-refractivity contribution in [3.8, 4) is 11.3 Å². The van der Waals surface area contributed by atoms with Gasteiger partial charge in [-0.3, -0.25) is 9.78 Å². The second kappa shape index (κ2) is 9.98. The van der Waals surface area contributed by atoms with Crippen LogP contribution in [0.3, 0.4) is 0 Å². The number of carbonyl (C=O) groups is 1. The maximum Gasteiger partial charge on any atom is 0.300 e. The lowest BCUT2D eigenvalue weighted by Gasteiger charge is -2.15. The zero-order valence-electron chi connectivity index (χ0n) is 19.5. The highest BCUT2D eigenvalue weighted by atomic mass is 31.0. The number of rotatable bonds is 8. The number of halogens is 2. The zero-order valence-corrected chi connectivity index (χ0v) is 20.7. The van der Waals surface area contributed by atoms with Gasteiger partial charge in [-0.05, 0) is 30.2 Å². The van der Waals surface area contributed by atoms with Gasteiger partial charge in [-0.25, -0.2) is 9.97 Å². The van der Waals surface area contributed by atoms with Gasteiger partial charge in [-0.1, -0.05) is 33.5 Å². The number of aromatic nitrogens is 7. The predicted molar refractivity (Wildman–Crippen MR) is 137 cm³/mol. The average molecular weight is 521 g/mol. The van der Waals surface area contributed by atoms with E-state index in [0.29, 0.717) is 22.3 Å². The summed E-state index contributed by atoms with van der Waals surface area (Å²) in [5.74, 6) is -0.465. The van der Waals surface area contributed by atoms with Crippen molar-refractivity contribution in [1.82, 2.24) is 40.7 Å². The second-order valence-electron chi connectivity index (χ2n) is 8.35. The highest BCUT2D eigenvalue weighted by molar-refractivity contribution is 7.17. The molecule has 0 fully saturated rings. The molecule has 0 aliphatic heterocycles. The monoisotopic (exact) mass is 521 g/mol. The smallest absolute Gasteiger partial charge is 0.300 e. The van der Waals surface area contributed by atoms with Crippen LogP contribution in [-0.2, 0) is 12.2 Å². The summed E-state index contributed by atoms with van der Waals surface area (Å²) in [6.07, 6.45) is 5.98. The van der Waals surface area contributed by atoms with Crippen LogP contribution in [0.1, 0.15) is 40.3 Å². The molecule has 0 aliphatic carbocycles. The Hall–Kier alpha value is -4.31. The van der Waals surface area contributed by atoms with Gasteiger partial charge < -0.3 is 15.6 Å². The lowest BCUT2D eigenvalue weighted by molar-refractivity contribution is 0.0947. The van der Waals surface area contributed by atoms with Crippen LogP contribution >= 0.6 is 9.24 Å². The molecule has 5 aromatic rings. The number of anilines is 1. The Morgan fingerprint density at radius 1 is 1.16 bits per heavy atom. The molecule has 37 heavy (non-hydrogen) atoms. The van der Waals surface area contributed by atoms with Crippen molar-refractivity contribution in [2.45, 2.75) is 25.2 Å². The number of nitrogens with zero attached hydrogens (tertiary/aromatic N) is 5. The summed E-state index contributed by atoms with van der Waals surface area (Å²) < 4.78 is 27.1. The summed E-state index contributed by atoms with van der Waals surface area (Å²) in [5, 5.41) is 16.6. The molecule has 0 radical (unpaired) electrons. The first kappa shape index (κ1) is 24.4. The van der Waals surface area contributed by atoms with Crippen molar-refractivity contribution in [2.24, 2.45) is 0 Å². The molecule has 0 spiro atoms. The Balaban J connectivity index is 1.29. The fourth-order valence-corrected chi connectivity index (χ4v) is 4.01. The quantitative estimate of drug-likeness (QED) is 0.225. The number of carbonyl (C=O) groups excluding carboxylic acids is 1. The molecule has 0 saturated heterocycles. The molecular formula is C24H22F2N9OP. The van der Waals surface area contributed by atoms with E-state index in [9.17, 15) is 13.6 Å². The van der Waals surface area contributed by atoms with Crippen LogP contribution in [0.4, 0.5) is 14.5 Å². The first-order valence-corrected chi connectivity index (χ1v) is 11.8. The minimum absolute atomic E-state index is 0.0355. The Morgan fingerprint density at radius 2 is 1.97 bits per heavy atom. The molecule has 1 aromatic carbocycles. The Morgan fingerprint density at radius 3 is 2.70 bits per heavy atom. The van der Waals surface area contributed by atoms with Crippen LogP contribution in [0.15, 0.2) is 61.3 Å². The van der Waals surface area contributed by atoms with Crippen molar-refractivity contribution >= 4 is 31.9 Å². The summed E-state index contributed by atoms with van der Waals surface area (Å²) >= 11 is 0. The van der Waals surface area contributed by atoms with Gasteiger partial charge in [0, 0.05) is 30.5 Å². The van der Waals surface area contributed by atoms with Crippen LogP contribution in [0.25, 0.3) is 22.3 Å². The van der Waals surface area contributed by atoms with Crippen molar-refractivity contribution in [3.63, 3.8) is 0 Å². The van der Waals surface area contributed by atoms with E-state index >= 15 is 0 Å². The van der Waals surface area contributed by atoms with Crippen molar-refractivity contribution in [2.75, 3.05) is 5.32 Å². The lowest BCUT2D eigenvalue weighted by Crippen LogP contribution is -2.24. The van der Waals surface area contributed by atoms with E-state index in [-0.39, 0.29) is 18.3 Å². The van der Waals surface area contributed by atoms with Crippen molar-refractivity contribution in [3.05, 3.63) is 83.8 Å². The maximum atomic E-state index is 13.5. The minimum Gasteiger partial charge on any atom is -0.376 e. The summed E-state index contributed by atoms with van der Waals surface area (Å²) in [5.41, 5.74) is 1.57. The molecule has 0 aliphatic rings. The van der Waals surface area contributed by atoms with Gasteiger partial charge in [0.25, 0.3) is 11.6 Å². The first-order chi connectivity index (χ1) is 17.8. The van der Waals surface area contributed by atoms with Gasteiger partial charge in [-0.2, -0.15) is 24.2 Å². The number of pyridine rings is 1. The van der Waals surface area contributed by atoms with E-state index in [1.165, 1.54) is 27.8 Å². The molecule has 4 N–H and O–H groups in total. The van der Waals surface area contributed by atoms with Crippen LogP contribution in [-0.4, -0.2) is 41.3 Å². The lowest BCUT2D eigenvalue weighted by atomic mass is 10.0. The van der Waals surface area contributed by atoms with Crippen molar-refractivity contribution in [1.29, 1.82) is 0 Å². The number of benzene rings is 1. The number of hydrogen-bond acceptors (Lipinski definition) is 7. The Labute approximate surface area is 211 Å². The predicted octanol–water partition coefficient (Wildman–Crippen LogP) is 4.17. The highest BCUT2D eigenvalue weighted by Crippen LogP contribution is 2.33. The van der Waals surface area contributed by atoms with Gasteiger partial charge in [-0.15, -0.1) is 0 Å². The van der Waals surface area contributed by atoms with E-state index < -0.39 is 17.3 Å². The van der Waals surface area contributed by atoms with E-state index in [1.54, 1.807) is 18.5 Å². The summed E-state index contributed by atoms with van der Waals surface area (Å²) in [6.45, 7) is 2.05. The van der Waals surface area contributed by atoms with Crippen LogP contribution in [0, 0.1) is 0 Å². The summed E-state index contributed by atoms with van der Waals surface area (Å²) in [7, 11) is 1.45. The van der Waals surface area contributed by atoms with Crippen molar-refractivity contribution < 1.29 is 13.6 Å². The largest absolute Gasteiger partial charge is 0.376 e. The second-order valence-corrected chi connectivity index (χ2v) is 9.07. The number of fused-ring (bicyclic) bond motifs is 1. The third kappa shape index (κ3) is 5.29. The SMILES string of the molecule is CC(Nc1c[nH]c2c(C(=O)NCc3ccnc(C(F)(F)P)c3)ncnc12)c1ccc(-c2cn[nH]n2)cc1. The third-order valence-electron chi connectivity index (χ3n) is 5.79. The highest BCUT2D eigenvalue weighted by Gasteiger charge is 2.26. The van der Waals surface area contributed by atoms with Gasteiger partial charge in [0.2, 0.25) is 0 Å². The molecule has 0 saturated carbocycles. The maximum absolute atomic E-state index is 13.5. The Bertz CT molecular complexity index is 1530. The molecular weight excluding hydrogens is 499 g/mol. The van der Waals surface area contributed by atoms with E-state index in [1.807, 2.05) is 31.2 Å². The van der Waals surface area contributed by atoms with Gasteiger partial charge >= 0.3 is 0 Å². The molecule has 4 aromatic heterocycles. The molecule has 4 heterocycles. The molecule has 13 heteroatoms. The van der Waals surface area contributed by atoms with E-state index in [0.717, 1.165) is 16.8 Å². The molecule has 1 amide bonds. The number of hydrogen-bond donors (Lipinski definition) is 4. The Kier molecular flexibility index (Phi) is 6.58. The molecule has 2 unspecified atom stereocenters. The average Bonchev–Trinajstić information content (AvgIpc) is 3.58. The number of alkyl halides is 2. The number of nitrogens with one attached hydrogen (secondary N) is 4. The number of aromatic amines is 2. The standard InChI is InChI=1S/C24H22F2N9OP/c1-13(15-2-4-16(5-3-15)17-11-32-35-34-17)33-18-10-28-21-20(18)30-12-31-22(21)23(36)29-9-14-6-7-27-19(8-14)24(25,26)37/h2-8,10-13,28,33H,9,37H2,1H3,(H,29,36)(H,32,34,35). The fraction of sp³-hybridized carbons (Fsp3) is 0.167. The fourth-order valence-electron chi connectivity index (χ4n) is 3.85. The summed E-state index contributed by atoms with van der Waals surface area (Å²) in [6, 6.07) is 10.7. The molecule has 0 bridgehead atoms. The minimum atomic E-state index is -3.15. The number of H-pyrrole nitrogens is 2. The molecule has 2 atom stereocenters. The number of amides is 1. The molecule has 188 valence electrons. The zero-order chi connectivity index (χ0) is 26.0. The summed E-state index contributed by atoms with van der Waals surface area (Å²) in [4.78, 5) is 28.1. The van der Waals surface area contributed by atoms with Crippen LogP contribution < -0.4 is 10.6 Å². The van der Waals surface area contributed by atoms with E-state index in [4.69, 9.17) is 0 Å². The molecule has 5 rings (SSSR count). The van der Waals surface area contributed by atoms with Gasteiger partial charge in [0.1, 0.15) is 23.2 Å². The van der Waals surface area contributed by atoms with E-state index in [2.05, 4.69) is 46.0 Å². The third-order valence-corrected chi connectivity index (χ3v) is 6.09. The normalized spacial score (nSPS) is 12.4. The first-order valence-electron chi connectivity index (χ1n) is 11.2. The van der Waals surface area contributed by atoms with Gasteiger partial charge in [0.05, 0.1) is 17.4 Å². The van der Waals surface area contributed by atoms with Gasteiger partial charge in [0.15, 0.2) is 5.69 Å². The van der Waals surface area contributed by atoms with Crippen LogP contribution in [0.2, 0.25) is 0 Å². The molecule has 10 nitrogen and oxygen atoms in total. The van der Waals surface area contributed by atoms with Crippen LogP contribution in [0.5, 0.6) is 0 Å².